The Balaban J connectivity index is 1.53. The maximum Gasteiger partial charge on any atom is 0.226 e. The second-order valence-corrected chi connectivity index (χ2v) is 7.64. The maximum atomic E-state index is 5.36. The zero-order chi connectivity index (χ0) is 16.9. The smallest absolute Gasteiger partial charge is 0.226 e. The first-order chi connectivity index (χ1) is 11.6. The summed E-state index contributed by atoms with van der Waals surface area (Å²) in [6.07, 6.45) is 4.60. The molecule has 2 heterocycles. The standard InChI is InChI=1S/C20H29N3O/c1-15(2)11-20-21-19(22-24-20)14-23-10-4-5-18(13-23)12-17-8-6-16(3)7-9-17/h6-9,15,18H,4-5,10-14H2,1-3H3. The van der Waals surface area contributed by atoms with E-state index in [4.69, 9.17) is 4.52 Å². The van der Waals surface area contributed by atoms with Gasteiger partial charge in [0, 0.05) is 13.0 Å². The largest absolute Gasteiger partial charge is 0.339 e. The van der Waals surface area contributed by atoms with E-state index in [2.05, 4.69) is 60.1 Å². The van der Waals surface area contributed by atoms with Crippen molar-refractivity contribution in [1.82, 2.24) is 15.0 Å². The number of nitrogens with zero attached hydrogens (tertiary/aromatic N) is 3. The molecule has 1 aliphatic rings. The van der Waals surface area contributed by atoms with Gasteiger partial charge >= 0.3 is 0 Å². The van der Waals surface area contributed by atoms with Crippen LogP contribution in [0.4, 0.5) is 0 Å². The summed E-state index contributed by atoms with van der Waals surface area (Å²) in [5.74, 6) is 2.88. The predicted octanol–water partition coefficient (Wildman–Crippen LogP) is 4.03. The number of aromatic nitrogens is 2. The first-order valence-electron chi connectivity index (χ1n) is 9.18. The highest BCUT2D eigenvalue weighted by Gasteiger charge is 2.22. The van der Waals surface area contributed by atoms with Crippen molar-refractivity contribution in [1.29, 1.82) is 0 Å². The minimum Gasteiger partial charge on any atom is -0.339 e. The third-order valence-corrected chi connectivity index (χ3v) is 4.71. The van der Waals surface area contributed by atoms with Crippen molar-refractivity contribution < 1.29 is 4.52 Å². The summed E-state index contributed by atoms with van der Waals surface area (Å²) in [6, 6.07) is 8.97. The average Bonchev–Trinajstić information content (AvgIpc) is 2.96. The van der Waals surface area contributed by atoms with Crippen LogP contribution in [0.3, 0.4) is 0 Å². The molecule has 1 aliphatic heterocycles. The molecule has 0 saturated carbocycles. The molecule has 1 atom stereocenters. The van der Waals surface area contributed by atoms with Gasteiger partial charge < -0.3 is 4.52 Å². The van der Waals surface area contributed by atoms with Crippen LogP contribution in [0.5, 0.6) is 0 Å². The Morgan fingerprint density at radius 2 is 2.04 bits per heavy atom. The Morgan fingerprint density at radius 1 is 1.25 bits per heavy atom. The lowest BCUT2D eigenvalue weighted by atomic mass is 9.91. The van der Waals surface area contributed by atoms with Crippen molar-refractivity contribution in [3.05, 3.63) is 47.1 Å². The molecule has 24 heavy (non-hydrogen) atoms. The van der Waals surface area contributed by atoms with Crippen LogP contribution in [-0.2, 0) is 19.4 Å². The minimum atomic E-state index is 0.548. The summed E-state index contributed by atoms with van der Waals surface area (Å²) < 4.78 is 5.36. The van der Waals surface area contributed by atoms with Crippen LogP contribution in [0, 0.1) is 18.8 Å². The van der Waals surface area contributed by atoms with Crippen molar-refractivity contribution in [2.45, 2.75) is 53.0 Å². The summed E-state index contributed by atoms with van der Waals surface area (Å²) in [5.41, 5.74) is 2.78. The van der Waals surface area contributed by atoms with Gasteiger partial charge in [0.15, 0.2) is 5.82 Å². The number of aryl methyl sites for hydroxylation is 1. The molecule has 1 aromatic heterocycles. The SMILES string of the molecule is Cc1ccc(CC2CCCN(Cc3noc(CC(C)C)n3)C2)cc1. The van der Waals surface area contributed by atoms with Crippen LogP contribution >= 0.6 is 0 Å². The van der Waals surface area contributed by atoms with E-state index in [1.165, 1.54) is 30.4 Å². The lowest BCUT2D eigenvalue weighted by Gasteiger charge is -2.32. The number of rotatable bonds is 6. The maximum absolute atomic E-state index is 5.36. The molecule has 0 bridgehead atoms. The van der Waals surface area contributed by atoms with Gasteiger partial charge in [-0.15, -0.1) is 0 Å². The van der Waals surface area contributed by atoms with E-state index in [1.54, 1.807) is 0 Å². The Hall–Kier alpha value is -1.68. The third-order valence-electron chi connectivity index (χ3n) is 4.71. The van der Waals surface area contributed by atoms with Gasteiger partial charge in [0.1, 0.15) is 0 Å². The Labute approximate surface area is 145 Å². The first-order valence-corrected chi connectivity index (χ1v) is 9.18. The molecular weight excluding hydrogens is 298 g/mol. The van der Waals surface area contributed by atoms with Crippen LogP contribution in [0.1, 0.15) is 49.5 Å². The quantitative estimate of drug-likeness (QED) is 0.803. The van der Waals surface area contributed by atoms with E-state index in [0.717, 1.165) is 43.7 Å². The van der Waals surface area contributed by atoms with E-state index in [9.17, 15) is 0 Å². The average molecular weight is 327 g/mol. The van der Waals surface area contributed by atoms with Crippen molar-refractivity contribution in [2.24, 2.45) is 11.8 Å². The van der Waals surface area contributed by atoms with E-state index in [-0.39, 0.29) is 0 Å². The molecule has 4 heteroatoms. The molecule has 0 spiro atoms. The summed E-state index contributed by atoms with van der Waals surface area (Å²) in [6.45, 7) is 9.56. The Bertz CT molecular complexity index is 633. The van der Waals surface area contributed by atoms with E-state index in [1.807, 2.05) is 0 Å². The van der Waals surface area contributed by atoms with Gasteiger partial charge in [-0.05, 0) is 50.1 Å². The fourth-order valence-corrected chi connectivity index (χ4v) is 3.51. The molecule has 1 aromatic carbocycles. The molecule has 1 fully saturated rings. The highest BCUT2D eigenvalue weighted by Crippen LogP contribution is 2.22. The summed E-state index contributed by atoms with van der Waals surface area (Å²) >= 11 is 0. The summed E-state index contributed by atoms with van der Waals surface area (Å²) in [4.78, 5) is 7.02. The van der Waals surface area contributed by atoms with Crippen molar-refractivity contribution >= 4 is 0 Å². The van der Waals surface area contributed by atoms with Crippen molar-refractivity contribution in [3.8, 4) is 0 Å². The van der Waals surface area contributed by atoms with Crippen LogP contribution in [0.2, 0.25) is 0 Å². The molecule has 0 radical (unpaired) electrons. The number of benzene rings is 1. The van der Waals surface area contributed by atoms with E-state index < -0.39 is 0 Å². The van der Waals surface area contributed by atoms with Gasteiger partial charge in [-0.1, -0.05) is 48.8 Å². The third kappa shape index (κ3) is 4.91. The molecule has 1 saturated heterocycles. The molecule has 2 aromatic rings. The van der Waals surface area contributed by atoms with Gasteiger partial charge in [0.05, 0.1) is 6.54 Å². The van der Waals surface area contributed by atoms with Crippen molar-refractivity contribution in [2.75, 3.05) is 13.1 Å². The van der Waals surface area contributed by atoms with Gasteiger partial charge in [0.25, 0.3) is 0 Å². The zero-order valence-corrected chi connectivity index (χ0v) is 15.2. The highest BCUT2D eigenvalue weighted by molar-refractivity contribution is 5.21. The lowest BCUT2D eigenvalue weighted by Crippen LogP contribution is -2.36. The Morgan fingerprint density at radius 3 is 2.79 bits per heavy atom. The highest BCUT2D eigenvalue weighted by atomic mass is 16.5. The minimum absolute atomic E-state index is 0.548. The van der Waals surface area contributed by atoms with E-state index in [0.29, 0.717) is 5.92 Å². The topological polar surface area (TPSA) is 42.2 Å². The van der Waals surface area contributed by atoms with Gasteiger partial charge in [-0.2, -0.15) is 4.98 Å². The number of likely N-dealkylation sites (tertiary alicyclic amines) is 1. The lowest BCUT2D eigenvalue weighted by molar-refractivity contribution is 0.162. The Kier molecular flexibility index (Phi) is 5.67. The molecule has 0 amide bonds. The number of hydrogen-bond donors (Lipinski definition) is 0. The fraction of sp³-hybridized carbons (Fsp3) is 0.600. The normalized spacial score (nSPS) is 19.1. The summed E-state index contributed by atoms with van der Waals surface area (Å²) in [7, 11) is 0. The van der Waals surface area contributed by atoms with Gasteiger partial charge in [-0.25, -0.2) is 0 Å². The van der Waals surface area contributed by atoms with Crippen LogP contribution in [-0.4, -0.2) is 28.1 Å². The van der Waals surface area contributed by atoms with Gasteiger partial charge in [-0.3, -0.25) is 4.90 Å². The van der Waals surface area contributed by atoms with E-state index >= 15 is 0 Å². The zero-order valence-electron chi connectivity index (χ0n) is 15.2. The molecule has 130 valence electrons. The predicted molar refractivity (Wildman–Crippen MR) is 95.7 cm³/mol. The van der Waals surface area contributed by atoms with Crippen LogP contribution in [0.15, 0.2) is 28.8 Å². The van der Waals surface area contributed by atoms with Crippen LogP contribution < -0.4 is 0 Å². The van der Waals surface area contributed by atoms with Crippen LogP contribution in [0.25, 0.3) is 0 Å². The molecule has 4 nitrogen and oxygen atoms in total. The molecule has 0 aliphatic carbocycles. The monoisotopic (exact) mass is 327 g/mol. The first kappa shape index (κ1) is 17.2. The molecular formula is C20H29N3O. The van der Waals surface area contributed by atoms with Crippen molar-refractivity contribution in [3.63, 3.8) is 0 Å². The molecule has 3 rings (SSSR count). The second-order valence-electron chi connectivity index (χ2n) is 7.64. The second kappa shape index (κ2) is 7.93. The number of piperidine rings is 1. The van der Waals surface area contributed by atoms with Gasteiger partial charge in [0.2, 0.25) is 5.89 Å². The molecule has 0 N–H and O–H groups in total. The summed E-state index contributed by atoms with van der Waals surface area (Å²) in [5, 5.41) is 4.15. The molecule has 1 unspecified atom stereocenters. The number of hydrogen-bond acceptors (Lipinski definition) is 4. The fourth-order valence-electron chi connectivity index (χ4n) is 3.51.